The summed E-state index contributed by atoms with van der Waals surface area (Å²) >= 11 is 6.70. The van der Waals surface area contributed by atoms with E-state index < -0.39 is 0 Å². The highest BCUT2D eigenvalue weighted by Crippen LogP contribution is 2.14. The molecule has 0 bridgehead atoms. The molecule has 2 rings (SSSR count). The lowest BCUT2D eigenvalue weighted by Gasteiger charge is -1.99. The Morgan fingerprint density at radius 2 is 1.74 bits per heavy atom. The number of rotatable bonds is 5. The Balaban J connectivity index is 2.37. The number of anilines is 1. The number of carbonyl (C=O) groups is 1. The zero-order chi connectivity index (χ0) is 16.8. The molecule has 23 heavy (non-hydrogen) atoms. The van der Waals surface area contributed by atoms with Crippen molar-refractivity contribution in [2.24, 2.45) is 0 Å². The van der Waals surface area contributed by atoms with E-state index in [0.717, 1.165) is 10.0 Å². The van der Waals surface area contributed by atoms with Gasteiger partial charge in [0.05, 0.1) is 11.3 Å². The highest BCUT2D eigenvalue weighted by Gasteiger charge is 2.10. The molecule has 0 saturated heterocycles. The standard InChI is InChI=1S/C18H15Br2NO2/c1-2-21-16-9-8-14(20)11-15(18(16)23)17(22)10-5-12-3-6-13(19)7-4-12/h3-11H,2H2,1H3,(H,21,23). The van der Waals surface area contributed by atoms with Gasteiger partial charge in [-0.3, -0.25) is 9.59 Å². The van der Waals surface area contributed by atoms with E-state index in [0.29, 0.717) is 16.7 Å². The molecule has 0 heterocycles. The molecule has 118 valence electrons. The first kappa shape index (κ1) is 17.6. The summed E-state index contributed by atoms with van der Waals surface area (Å²) in [6, 6.07) is 12.5. The Morgan fingerprint density at radius 3 is 2.39 bits per heavy atom. The van der Waals surface area contributed by atoms with Gasteiger partial charge in [-0.2, -0.15) is 0 Å². The van der Waals surface area contributed by atoms with E-state index >= 15 is 0 Å². The SMILES string of the molecule is CCNc1ccc(Br)cc(C(=O)C=Cc2ccc(Br)cc2)c1=O. The van der Waals surface area contributed by atoms with Crippen LogP contribution < -0.4 is 10.7 Å². The number of nitrogens with one attached hydrogen (secondary N) is 1. The van der Waals surface area contributed by atoms with Gasteiger partial charge in [-0.15, -0.1) is 0 Å². The van der Waals surface area contributed by atoms with Gasteiger partial charge in [0.25, 0.3) is 0 Å². The van der Waals surface area contributed by atoms with Crippen LogP contribution in [0.15, 0.2) is 62.3 Å². The fourth-order valence-electron chi connectivity index (χ4n) is 1.98. The predicted molar refractivity (Wildman–Crippen MR) is 102 cm³/mol. The second-order valence-electron chi connectivity index (χ2n) is 4.80. The minimum Gasteiger partial charge on any atom is -0.382 e. The topological polar surface area (TPSA) is 46.2 Å². The van der Waals surface area contributed by atoms with Crippen molar-refractivity contribution >= 4 is 49.4 Å². The number of hydrogen-bond acceptors (Lipinski definition) is 3. The van der Waals surface area contributed by atoms with E-state index in [1.54, 1.807) is 24.3 Å². The summed E-state index contributed by atoms with van der Waals surface area (Å²) in [5.41, 5.74) is 1.13. The number of allylic oxidation sites excluding steroid dienone is 1. The summed E-state index contributed by atoms with van der Waals surface area (Å²) in [5.74, 6) is -0.325. The molecule has 0 aliphatic heterocycles. The fourth-order valence-corrected chi connectivity index (χ4v) is 2.61. The van der Waals surface area contributed by atoms with Crippen molar-refractivity contribution in [3.05, 3.63) is 78.8 Å². The zero-order valence-electron chi connectivity index (χ0n) is 12.5. The van der Waals surface area contributed by atoms with Crippen LogP contribution in [-0.2, 0) is 0 Å². The van der Waals surface area contributed by atoms with Crippen LogP contribution in [0.2, 0.25) is 0 Å². The summed E-state index contributed by atoms with van der Waals surface area (Å²) in [5, 5.41) is 2.98. The predicted octanol–water partition coefficient (Wildman–Crippen LogP) is 4.90. The third kappa shape index (κ3) is 4.88. The molecule has 0 spiro atoms. The Morgan fingerprint density at radius 1 is 1.09 bits per heavy atom. The van der Waals surface area contributed by atoms with Gasteiger partial charge in [0.1, 0.15) is 0 Å². The molecule has 2 aromatic carbocycles. The maximum atomic E-state index is 12.5. The zero-order valence-corrected chi connectivity index (χ0v) is 15.6. The van der Waals surface area contributed by atoms with Crippen molar-refractivity contribution in [2.45, 2.75) is 6.92 Å². The van der Waals surface area contributed by atoms with Gasteiger partial charge >= 0.3 is 0 Å². The average molecular weight is 437 g/mol. The summed E-state index contributed by atoms with van der Waals surface area (Å²) in [6.07, 6.45) is 3.12. The Labute approximate surface area is 151 Å². The highest BCUT2D eigenvalue weighted by atomic mass is 79.9. The summed E-state index contributed by atoms with van der Waals surface area (Å²) < 4.78 is 1.65. The minimum atomic E-state index is -0.325. The van der Waals surface area contributed by atoms with E-state index in [1.807, 2.05) is 31.2 Å². The molecule has 0 aliphatic rings. The quantitative estimate of drug-likeness (QED) is 0.535. The average Bonchev–Trinajstić information content (AvgIpc) is 2.68. The molecule has 0 radical (unpaired) electrons. The molecule has 0 saturated carbocycles. The van der Waals surface area contributed by atoms with Gasteiger partial charge in [0.2, 0.25) is 5.43 Å². The number of halogens is 2. The van der Waals surface area contributed by atoms with E-state index in [2.05, 4.69) is 37.2 Å². The molecular formula is C18H15Br2NO2. The maximum absolute atomic E-state index is 12.5. The maximum Gasteiger partial charge on any atom is 0.212 e. The van der Waals surface area contributed by atoms with Crippen molar-refractivity contribution < 1.29 is 4.79 Å². The minimum absolute atomic E-state index is 0.131. The largest absolute Gasteiger partial charge is 0.382 e. The van der Waals surface area contributed by atoms with Gasteiger partial charge < -0.3 is 5.32 Å². The van der Waals surface area contributed by atoms with Crippen LogP contribution in [0.25, 0.3) is 6.08 Å². The molecule has 5 heteroatoms. The van der Waals surface area contributed by atoms with Crippen molar-refractivity contribution in [3.63, 3.8) is 0 Å². The van der Waals surface area contributed by atoms with E-state index in [4.69, 9.17) is 0 Å². The molecule has 3 nitrogen and oxygen atoms in total. The van der Waals surface area contributed by atoms with Gasteiger partial charge in [0, 0.05) is 15.5 Å². The lowest BCUT2D eigenvalue weighted by Crippen LogP contribution is -2.15. The smallest absolute Gasteiger partial charge is 0.212 e. The first-order valence-corrected chi connectivity index (χ1v) is 8.65. The van der Waals surface area contributed by atoms with E-state index in [1.165, 1.54) is 6.08 Å². The number of hydrogen-bond donors (Lipinski definition) is 1. The van der Waals surface area contributed by atoms with Crippen molar-refractivity contribution in [3.8, 4) is 0 Å². The second kappa shape index (κ2) is 8.22. The third-order valence-corrected chi connectivity index (χ3v) is 4.13. The van der Waals surface area contributed by atoms with Crippen LogP contribution in [-0.4, -0.2) is 12.3 Å². The molecule has 0 fully saturated rings. The first-order valence-electron chi connectivity index (χ1n) is 7.07. The molecule has 0 amide bonds. The molecule has 2 aromatic rings. The van der Waals surface area contributed by atoms with Crippen LogP contribution in [0.4, 0.5) is 5.69 Å². The molecule has 0 aromatic heterocycles. The molecule has 0 aliphatic carbocycles. The summed E-state index contributed by atoms with van der Waals surface area (Å²) in [6.45, 7) is 2.51. The van der Waals surface area contributed by atoms with Gasteiger partial charge in [-0.05, 0) is 48.9 Å². The Bertz CT molecular complexity index is 799. The van der Waals surface area contributed by atoms with Crippen LogP contribution in [0.5, 0.6) is 0 Å². The monoisotopic (exact) mass is 435 g/mol. The Hall–Kier alpha value is -1.72. The molecule has 0 unspecified atom stereocenters. The summed E-state index contributed by atoms with van der Waals surface area (Å²) in [4.78, 5) is 24.9. The van der Waals surface area contributed by atoms with Crippen LogP contribution in [0, 0.1) is 0 Å². The van der Waals surface area contributed by atoms with Gasteiger partial charge in [-0.1, -0.05) is 50.1 Å². The lowest BCUT2D eigenvalue weighted by atomic mass is 10.1. The van der Waals surface area contributed by atoms with Crippen molar-refractivity contribution in [1.82, 2.24) is 0 Å². The number of benzene rings is 1. The molecule has 1 N–H and O–H groups in total. The van der Waals surface area contributed by atoms with Crippen LogP contribution >= 0.6 is 31.9 Å². The second-order valence-corrected chi connectivity index (χ2v) is 6.63. The van der Waals surface area contributed by atoms with E-state index in [9.17, 15) is 9.59 Å². The molecular weight excluding hydrogens is 422 g/mol. The number of ketones is 1. The highest BCUT2D eigenvalue weighted by molar-refractivity contribution is 9.10. The van der Waals surface area contributed by atoms with E-state index in [-0.39, 0.29) is 16.8 Å². The first-order chi connectivity index (χ1) is 11.0. The summed E-state index contributed by atoms with van der Waals surface area (Å²) in [7, 11) is 0. The van der Waals surface area contributed by atoms with Crippen LogP contribution in [0.3, 0.4) is 0 Å². The normalized spacial score (nSPS) is 10.7. The van der Waals surface area contributed by atoms with Crippen LogP contribution in [0.1, 0.15) is 22.8 Å². The molecule has 0 atom stereocenters. The van der Waals surface area contributed by atoms with Gasteiger partial charge in [-0.25, -0.2) is 0 Å². The van der Waals surface area contributed by atoms with Gasteiger partial charge in [0.15, 0.2) is 5.78 Å². The lowest BCUT2D eigenvalue weighted by molar-refractivity contribution is 0.104. The fraction of sp³-hybridized carbons (Fsp3) is 0.111. The number of carbonyl (C=O) groups excluding carboxylic acids is 1. The van der Waals surface area contributed by atoms with Crippen molar-refractivity contribution in [2.75, 3.05) is 11.9 Å². The third-order valence-electron chi connectivity index (χ3n) is 3.11. The Kier molecular flexibility index (Phi) is 6.30. The van der Waals surface area contributed by atoms with Crippen molar-refractivity contribution in [1.29, 1.82) is 0 Å².